The number of methoxy groups -OCH3 is 1. The van der Waals surface area contributed by atoms with Gasteiger partial charge in [0.25, 0.3) is 0 Å². The van der Waals surface area contributed by atoms with Crippen LogP contribution in [0.15, 0.2) is 30.3 Å². The highest BCUT2D eigenvalue weighted by atomic mass is 16.5. The van der Waals surface area contributed by atoms with E-state index in [1.165, 1.54) is 5.56 Å². The summed E-state index contributed by atoms with van der Waals surface area (Å²) in [7, 11) is 1.74. The van der Waals surface area contributed by atoms with Crippen LogP contribution in [0.25, 0.3) is 0 Å². The lowest BCUT2D eigenvalue weighted by Crippen LogP contribution is -2.33. The maximum absolute atomic E-state index is 5.12. The molecule has 0 bridgehead atoms. The van der Waals surface area contributed by atoms with Crippen LogP contribution in [0.3, 0.4) is 0 Å². The molecule has 0 aliphatic rings. The molecule has 0 saturated heterocycles. The summed E-state index contributed by atoms with van der Waals surface area (Å²) in [6.45, 7) is 5.10. The van der Waals surface area contributed by atoms with Crippen LogP contribution in [0, 0.1) is 0 Å². The summed E-state index contributed by atoms with van der Waals surface area (Å²) >= 11 is 0. The molecule has 0 aromatic heterocycles. The van der Waals surface area contributed by atoms with Gasteiger partial charge in [-0.05, 0) is 18.9 Å². The van der Waals surface area contributed by atoms with Crippen molar-refractivity contribution >= 4 is 0 Å². The van der Waals surface area contributed by atoms with E-state index in [1.807, 2.05) is 0 Å². The smallest absolute Gasteiger partial charge is 0.0613 e. The van der Waals surface area contributed by atoms with Gasteiger partial charge in [0.15, 0.2) is 0 Å². The van der Waals surface area contributed by atoms with Gasteiger partial charge < -0.3 is 10.1 Å². The highest BCUT2D eigenvalue weighted by Gasteiger charge is 2.11. The summed E-state index contributed by atoms with van der Waals surface area (Å²) in [5.74, 6) is 0. The zero-order chi connectivity index (χ0) is 11.1. The SMILES string of the molecule is CC[C@@H](N[C@H](C)COC)c1ccccc1. The Hall–Kier alpha value is -0.860. The fourth-order valence-corrected chi connectivity index (χ4v) is 1.78. The van der Waals surface area contributed by atoms with E-state index >= 15 is 0 Å². The van der Waals surface area contributed by atoms with Crippen molar-refractivity contribution in [1.29, 1.82) is 0 Å². The number of hydrogen-bond donors (Lipinski definition) is 1. The molecule has 1 rings (SSSR count). The maximum atomic E-state index is 5.12. The lowest BCUT2D eigenvalue weighted by Gasteiger charge is -2.22. The number of hydrogen-bond acceptors (Lipinski definition) is 2. The molecule has 1 aromatic carbocycles. The Morgan fingerprint density at radius 3 is 2.47 bits per heavy atom. The van der Waals surface area contributed by atoms with Gasteiger partial charge in [0.1, 0.15) is 0 Å². The van der Waals surface area contributed by atoms with E-state index in [2.05, 4.69) is 49.5 Å². The molecule has 0 unspecified atom stereocenters. The molecule has 1 N–H and O–H groups in total. The summed E-state index contributed by atoms with van der Waals surface area (Å²) in [4.78, 5) is 0. The third kappa shape index (κ3) is 4.02. The van der Waals surface area contributed by atoms with Gasteiger partial charge in [0.05, 0.1) is 6.61 Å². The molecule has 15 heavy (non-hydrogen) atoms. The number of benzene rings is 1. The van der Waals surface area contributed by atoms with Crippen molar-refractivity contribution in [1.82, 2.24) is 5.32 Å². The van der Waals surface area contributed by atoms with Gasteiger partial charge in [-0.25, -0.2) is 0 Å². The first kappa shape index (κ1) is 12.2. The van der Waals surface area contributed by atoms with Crippen molar-refractivity contribution in [2.45, 2.75) is 32.4 Å². The average Bonchev–Trinajstić information content (AvgIpc) is 2.27. The summed E-state index contributed by atoms with van der Waals surface area (Å²) in [5, 5.41) is 3.56. The van der Waals surface area contributed by atoms with Gasteiger partial charge in [-0.3, -0.25) is 0 Å². The molecule has 2 heteroatoms. The van der Waals surface area contributed by atoms with Crippen LogP contribution < -0.4 is 5.32 Å². The Bertz CT molecular complexity index is 260. The number of ether oxygens (including phenoxy) is 1. The Morgan fingerprint density at radius 1 is 1.27 bits per heavy atom. The van der Waals surface area contributed by atoms with Crippen molar-refractivity contribution < 1.29 is 4.74 Å². The highest BCUT2D eigenvalue weighted by molar-refractivity contribution is 5.18. The van der Waals surface area contributed by atoms with E-state index < -0.39 is 0 Å². The Balaban J connectivity index is 2.56. The van der Waals surface area contributed by atoms with Crippen LogP contribution in [0.1, 0.15) is 31.9 Å². The highest BCUT2D eigenvalue weighted by Crippen LogP contribution is 2.16. The van der Waals surface area contributed by atoms with E-state index in [-0.39, 0.29) is 0 Å². The average molecular weight is 207 g/mol. The van der Waals surface area contributed by atoms with Crippen LogP contribution in [0.2, 0.25) is 0 Å². The minimum atomic E-state index is 0.389. The van der Waals surface area contributed by atoms with Gasteiger partial charge in [0.2, 0.25) is 0 Å². The normalized spacial score (nSPS) is 14.9. The molecule has 0 fully saturated rings. The second kappa shape index (κ2) is 6.59. The standard InChI is InChI=1S/C13H21NO/c1-4-13(14-11(2)10-15-3)12-8-6-5-7-9-12/h5-9,11,13-14H,4,10H2,1-3H3/t11-,13-/m1/s1. The third-order valence-corrected chi connectivity index (χ3v) is 2.51. The van der Waals surface area contributed by atoms with E-state index in [0.29, 0.717) is 12.1 Å². The number of rotatable bonds is 6. The molecule has 1 aromatic rings. The monoisotopic (exact) mass is 207 g/mol. The predicted molar refractivity (Wildman–Crippen MR) is 63.9 cm³/mol. The molecule has 0 aliphatic heterocycles. The number of nitrogens with one attached hydrogen (secondary N) is 1. The molecule has 84 valence electrons. The molecule has 2 atom stereocenters. The fraction of sp³-hybridized carbons (Fsp3) is 0.538. The molecule has 0 aliphatic carbocycles. The second-order valence-electron chi connectivity index (χ2n) is 3.89. The van der Waals surface area contributed by atoms with Crippen LogP contribution in [0.5, 0.6) is 0 Å². The zero-order valence-electron chi connectivity index (χ0n) is 9.86. The van der Waals surface area contributed by atoms with E-state index in [1.54, 1.807) is 7.11 Å². The molecule has 0 amide bonds. The van der Waals surface area contributed by atoms with Crippen LogP contribution in [-0.2, 0) is 4.74 Å². The van der Waals surface area contributed by atoms with Crippen LogP contribution >= 0.6 is 0 Å². The molecule has 0 radical (unpaired) electrons. The molecule has 2 nitrogen and oxygen atoms in total. The van der Waals surface area contributed by atoms with Crippen molar-refractivity contribution in [3.63, 3.8) is 0 Å². The van der Waals surface area contributed by atoms with Crippen molar-refractivity contribution in [2.24, 2.45) is 0 Å². The summed E-state index contributed by atoms with van der Waals surface area (Å²) < 4.78 is 5.12. The topological polar surface area (TPSA) is 21.3 Å². The van der Waals surface area contributed by atoms with Crippen LogP contribution in [-0.4, -0.2) is 19.8 Å². The minimum Gasteiger partial charge on any atom is -0.383 e. The van der Waals surface area contributed by atoms with E-state index in [0.717, 1.165) is 13.0 Å². The van der Waals surface area contributed by atoms with Gasteiger partial charge in [-0.2, -0.15) is 0 Å². The lowest BCUT2D eigenvalue weighted by molar-refractivity contribution is 0.166. The Morgan fingerprint density at radius 2 is 1.93 bits per heavy atom. The van der Waals surface area contributed by atoms with Crippen molar-refractivity contribution in [3.8, 4) is 0 Å². The fourth-order valence-electron chi connectivity index (χ4n) is 1.78. The predicted octanol–water partition coefficient (Wildman–Crippen LogP) is 2.76. The molecular formula is C13H21NO. The minimum absolute atomic E-state index is 0.389. The molecular weight excluding hydrogens is 186 g/mol. The summed E-state index contributed by atoms with van der Waals surface area (Å²) in [5.41, 5.74) is 1.35. The van der Waals surface area contributed by atoms with Crippen LogP contribution in [0.4, 0.5) is 0 Å². The van der Waals surface area contributed by atoms with Crippen molar-refractivity contribution in [2.75, 3.05) is 13.7 Å². The second-order valence-corrected chi connectivity index (χ2v) is 3.89. The third-order valence-electron chi connectivity index (χ3n) is 2.51. The van der Waals surface area contributed by atoms with Crippen molar-refractivity contribution in [3.05, 3.63) is 35.9 Å². The quantitative estimate of drug-likeness (QED) is 0.774. The lowest BCUT2D eigenvalue weighted by atomic mass is 10.0. The van der Waals surface area contributed by atoms with Gasteiger partial charge in [0, 0.05) is 19.2 Å². The molecule has 0 heterocycles. The summed E-state index contributed by atoms with van der Waals surface area (Å²) in [6.07, 6.45) is 1.10. The van der Waals surface area contributed by atoms with Gasteiger partial charge in [-0.1, -0.05) is 37.3 Å². The molecule has 0 spiro atoms. The van der Waals surface area contributed by atoms with E-state index in [4.69, 9.17) is 4.74 Å². The van der Waals surface area contributed by atoms with Gasteiger partial charge >= 0.3 is 0 Å². The Kier molecular flexibility index (Phi) is 5.37. The zero-order valence-corrected chi connectivity index (χ0v) is 9.86. The Labute approximate surface area is 92.6 Å². The van der Waals surface area contributed by atoms with E-state index in [9.17, 15) is 0 Å². The first-order chi connectivity index (χ1) is 7.27. The largest absolute Gasteiger partial charge is 0.383 e. The van der Waals surface area contributed by atoms with Gasteiger partial charge in [-0.15, -0.1) is 0 Å². The first-order valence-electron chi connectivity index (χ1n) is 5.57. The summed E-state index contributed by atoms with van der Waals surface area (Å²) in [6, 6.07) is 11.4. The molecule has 0 saturated carbocycles. The first-order valence-corrected chi connectivity index (χ1v) is 5.57. The maximum Gasteiger partial charge on any atom is 0.0613 e.